The molecule has 36 heavy (non-hydrogen) atoms. The molecule has 1 N–H and O–H groups in total. The van der Waals surface area contributed by atoms with E-state index in [2.05, 4.69) is 0 Å². The van der Waals surface area contributed by atoms with Crippen LogP contribution in [0.2, 0.25) is 5.02 Å². The fourth-order valence-corrected chi connectivity index (χ4v) is 8.43. The second-order valence-electron chi connectivity index (χ2n) is 10.00. The van der Waals surface area contributed by atoms with Gasteiger partial charge < -0.3 is 19.6 Å². The highest BCUT2D eigenvalue weighted by Gasteiger charge is 2.73. The van der Waals surface area contributed by atoms with Gasteiger partial charge in [0.05, 0.1) is 23.2 Å². The Labute approximate surface area is 220 Å². The van der Waals surface area contributed by atoms with Gasteiger partial charge in [-0.2, -0.15) is 0 Å². The Kier molecular flexibility index (Phi) is 6.96. The van der Waals surface area contributed by atoms with Crippen molar-refractivity contribution in [3.05, 3.63) is 53.6 Å². The molecule has 2 saturated heterocycles. The van der Waals surface area contributed by atoms with E-state index >= 15 is 0 Å². The van der Waals surface area contributed by atoms with Gasteiger partial charge in [0, 0.05) is 35.2 Å². The molecule has 5 atom stereocenters. The molecule has 4 aliphatic heterocycles. The van der Waals surface area contributed by atoms with Gasteiger partial charge in [-0.25, -0.2) is 0 Å². The van der Waals surface area contributed by atoms with Gasteiger partial charge in [0.2, 0.25) is 5.91 Å². The Hall–Kier alpha value is -2.29. The molecule has 0 aliphatic carbocycles. The van der Waals surface area contributed by atoms with Gasteiger partial charge in [0.1, 0.15) is 6.04 Å². The second-order valence-corrected chi connectivity index (χ2v) is 12.2. The summed E-state index contributed by atoms with van der Waals surface area (Å²) >= 11 is 7.64. The highest BCUT2D eigenvalue weighted by molar-refractivity contribution is 8.02. The number of amides is 2. The lowest BCUT2D eigenvalue weighted by atomic mass is 9.74. The summed E-state index contributed by atoms with van der Waals surface area (Å²) in [4.78, 5) is 45.1. The molecule has 1 aromatic carbocycles. The number of fused-ring (bicyclic) bond motifs is 2. The third-order valence-corrected chi connectivity index (χ3v) is 9.76. The summed E-state index contributed by atoms with van der Waals surface area (Å²) in [5, 5.41) is 9.78. The number of thioether (sulfide) groups is 1. The number of cyclic esters (lactones) is 1. The van der Waals surface area contributed by atoms with Crippen molar-refractivity contribution in [2.75, 3.05) is 31.2 Å². The lowest BCUT2D eigenvalue weighted by Crippen LogP contribution is -2.53. The van der Waals surface area contributed by atoms with Crippen LogP contribution in [0.4, 0.5) is 5.69 Å². The van der Waals surface area contributed by atoms with Crippen molar-refractivity contribution in [1.82, 2.24) is 4.90 Å². The lowest BCUT2D eigenvalue weighted by molar-refractivity contribution is -0.154. The summed E-state index contributed by atoms with van der Waals surface area (Å²) < 4.78 is 4.01. The van der Waals surface area contributed by atoms with Crippen LogP contribution in [0.1, 0.15) is 32.6 Å². The van der Waals surface area contributed by atoms with Crippen LogP contribution in [0.3, 0.4) is 0 Å². The van der Waals surface area contributed by atoms with E-state index in [4.69, 9.17) is 16.3 Å². The zero-order valence-corrected chi connectivity index (χ0v) is 21.8. The van der Waals surface area contributed by atoms with Crippen LogP contribution in [0.5, 0.6) is 0 Å². The zero-order valence-electron chi connectivity index (χ0n) is 20.3. The van der Waals surface area contributed by atoms with E-state index in [1.807, 2.05) is 43.4 Å². The molecule has 1 spiro atoms. The first-order chi connectivity index (χ1) is 17.3. The molecule has 0 radical (unpaired) electrons. The molecule has 4 heterocycles. The number of unbranched alkanes of at least 4 members (excludes halogenated alkanes) is 2. The molecule has 9 heteroatoms. The first-order valence-electron chi connectivity index (χ1n) is 12.5. The maximum absolute atomic E-state index is 14.3. The summed E-state index contributed by atoms with van der Waals surface area (Å²) in [6, 6.07) is 6.36. The van der Waals surface area contributed by atoms with E-state index in [0.29, 0.717) is 43.1 Å². The number of halogens is 1. The first-order valence-corrected chi connectivity index (χ1v) is 13.7. The van der Waals surface area contributed by atoms with Gasteiger partial charge in [-0.05, 0) is 56.9 Å². The molecule has 2 fully saturated rings. The average Bonchev–Trinajstić information content (AvgIpc) is 3.16. The van der Waals surface area contributed by atoms with Gasteiger partial charge in [0.15, 0.2) is 0 Å². The minimum atomic E-state index is -0.889. The fraction of sp³-hybridized carbons (Fsp3) is 0.519. The van der Waals surface area contributed by atoms with E-state index in [1.54, 1.807) is 33.7 Å². The number of benzene rings is 1. The normalized spacial score (nSPS) is 33.5. The largest absolute Gasteiger partial charge is 0.465 e. The van der Waals surface area contributed by atoms with Gasteiger partial charge in [-0.3, -0.25) is 14.4 Å². The Morgan fingerprint density at radius 3 is 2.58 bits per heavy atom. The zero-order chi connectivity index (χ0) is 25.5. The predicted molar refractivity (Wildman–Crippen MR) is 140 cm³/mol. The van der Waals surface area contributed by atoms with Crippen LogP contribution in [-0.4, -0.2) is 69.6 Å². The second kappa shape index (κ2) is 9.88. The number of ether oxygens (including phenoxy) is 1. The quantitative estimate of drug-likeness (QED) is 0.343. The smallest absolute Gasteiger partial charge is 0.311 e. The lowest BCUT2D eigenvalue weighted by Gasteiger charge is -2.37. The Morgan fingerprint density at radius 1 is 1.06 bits per heavy atom. The van der Waals surface area contributed by atoms with E-state index < -0.39 is 27.4 Å². The van der Waals surface area contributed by atoms with Gasteiger partial charge in [-0.15, -0.1) is 11.8 Å². The SMILES string of the molecule is C[C@@]12C=CCCOC(=O)[C@@H]1[C@H]1C(=O)N(CCCCCO)C3C(=O)N(c4ccc(Cl)cc4)CC=C[C@@]31S2. The minimum absolute atomic E-state index is 0.0877. The molecule has 5 rings (SSSR count). The third kappa shape index (κ3) is 4.07. The van der Waals surface area contributed by atoms with Gasteiger partial charge in [-0.1, -0.05) is 35.9 Å². The number of rotatable bonds is 6. The highest BCUT2D eigenvalue weighted by atomic mass is 35.5. The summed E-state index contributed by atoms with van der Waals surface area (Å²) in [6.45, 7) is 3.11. The fourth-order valence-electron chi connectivity index (χ4n) is 6.15. The maximum Gasteiger partial charge on any atom is 0.311 e. The van der Waals surface area contributed by atoms with Crippen LogP contribution in [-0.2, 0) is 19.1 Å². The van der Waals surface area contributed by atoms with Gasteiger partial charge >= 0.3 is 5.97 Å². The van der Waals surface area contributed by atoms with E-state index in [-0.39, 0.29) is 31.0 Å². The molecule has 0 bridgehead atoms. The molecule has 2 amide bonds. The first kappa shape index (κ1) is 25.4. The van der Waals surface area contributed by atoms with Crippen molar-refractivity contribution in [2.45, 2.75) is 48.1 Å². The number of carbonyl (C=O) groups is 3. The molecule has 4 aliphatic rings. The van der Waals surface area contributed by atoms with Crippen molar-refractivity contribution in [3.63, 3.8) is 0 Å². The number of aliphatic hydroxyl groups excluding tert-OH is 1. The molecule has 1 unspecified atom stereocenters. The van der Waals surface area contributed by atoms with E-state index in [0.717, 1.165) is 6.42 Å². The number of carbonyl (C=O) groups excluding carboxylic acids is 3. The van der Waals surface area contributed by atoms with E-state index in [9.17, 15) is 19.5 Å². The number of hydrogen-bond donors (Lipinski definition) is 1. The number of hydrogen-bond acceptors (Lipinski definition) is 6. The Balaban J connectivity index is 1.59. The molecular weight excluding hydrogens is 500 g/mol. The molecule has 7 nitrogen and oxygen atoms in total. The summed E-state index contributed by atoms with van der Waals surface area (Å²) in [5.74, 6) is -2.09. The molecule has 192 valence electrons. The number of likely N-dealkylation sites (tertiary alicyclic amines) is 1. The number of nitrogens with zero attached hydrogens (tertiary/aromatic N) is 2. The van der Waals surface area contributed by atoms with Crippen molar-refractivity contribution >= 4 is 46.8 Å². The monoisotopic (exact) mass is 530 g/mol. The summed E-state index contributed by atoms with van der Waals surface area (Å²) in [7, 11) is 0. The van der Waals surface area contributed by atoms with Crippen LogP contribution >= 0.6 is 23.4 Å². The molecule has 0 saturated carbocycles. The molecular formula is C27H31ClN2O5S. The highest BCUT2D eigenvalue weighted by Crippen LogP contribution is 2.65. The third-order valence-electron chi connectivity index (χ3n) is 7.72. The van der Waals surface area contributed by atoms with Crippen molar-refractivity contribution in [2.24, 2.45) is 11.8 Å². The summed E-state index contributed by atoms with van der Waals surface area (Å²) in [6.07, 6.45) is 10.7. The number of esters is 1. The summed E-state index contributed by atoms with van der Waals surface area (Å²) in [5.41, 5.74) is 0.710. The molecule has 0 aromatic heterocycles. The van der Waals surface area contributed by atoms with Crippen LogP contribution in [0, 0.1) is 11.8 Å². The van der Waals surface area contributed by atoms with Crippen LogP contribution in [0.25, 0.3) is 0 Å². The molecule has 1 aromatic rings. The van der Waals surface area contributed by atoms with Crippen molar-refractivity contribution in [3.8, 4) is 0 Å². The topological polar surface area (TPSA) is 87.1 Å². The Bertz CT molecular complexity index is 1110. The minimum Gasteiger partial charge on any atom is -0.465 e. The van der Waals surface area contributed by atoms with Gasteiger partial charge in [0.25, 0.3) is 5.91 Å². The predicted octanol–water partition coefficient (Wildman–Crippen LogP) is 3.60. The Morgan fingerprint density at radius 2 is 1.83 bits per heavy atom. The van der Waals surface area contributed by atoms with Crippen LogP contribution < -0.4 is 4.90 Å². The standard InChI is InChI=1S/C27H31ClN2O5S/c1-26-12-3-6-17-35-25(34)21(26)20-23(32)30(14-4-2-5-16-31)22-24(33)29(15-7-13-27(20,22)36-26)19-10-8-18(28)9-11-19/h3,7-13,20-22,31H,2,4-6,14-17H2,1H3/t20-,21-,22?,26+,27-/m0/s1. The number of anilines is 1. The maximum atomic E-state index is 14.3. The average molecular weight is 531 g/mol. The van der Waals surface area contributed by atoms with Crippen molar-refractivity contribution < 1.29 is 24.2 Å². The van der Waals surface area contributed by atoms with Crippen LogP contribution in [0.15, 0.2) is 48.6 Å². The van der Waals surface area contributed by atoms with Crippen molar-refractivity contribution in [1.29, 1.82) is 0 Å². The number of aliphatic hydroxyl groups is 1. The van der Waals surface area contributed by atoms with E-state index in [1.165, 1.54) is 0 Å².